The minimum Gasteiger partial charge on any atom is -0.496 e. The second-order valence-corrected chi connectivity index (χ2v) is 5.82. The van der Waals surface area contributed by atoms with Gasteiger partial charge in [0.1, 0.15) is 12.4 Å². The Morgan fingerprint density at radius 3 is 2.64 bits per heavy atom. The van der Waals surface area contributed by atoms with Crippen molar-refractivity contribution in [3.05, 3.63) is 68.2 Å². The van der Waals surface area contributed by atoms with E-state index in [0.717, 1.165) is 6.08 Å². The lowest BCUT2D eigenvalue weighted by Gasteiger charge is -2.11. The van der Waals surface area contributed by atoms with Crippen molar-refractivity contribution in [1.29, 1.82) is 0 Å². The van der Waals surface area contributed by atoms with E-state index in [-0.39, 0.29) is 18.0 Å². The molecule has 130 valence electrons. The number of nitrogens with zero attached hydrogens (tertiary/aromatic N) is 1. The van der Waals surface area contributed by atoms with Gasteiger partial charge in [-0.05, 0) is 35.9 Å². The zero-order valence-corrected chi connectivity index (χ0v) is 14.7. The van der Waals surface area contributed by atoms with Crippen LogP contribution in [0.5, 0.6) is 11.5 Å². The summed E-state index contributed by atoms with van der Waals surface area (Å²) in [5.74, 6) is -0.395. The lowest BCUT2D eigenvalue weighted by atomic mass is 10.1. The van der Waals surface area contributed by atoms with E-state index in [2.05, 4.69) is 15.9 Å². The molecule has 0 saturated carbocycles. The van der Waals surface area contributed by atoms with Gasteiger partial charge in [0.2, 0.25) is 0 Å². The molecule has 2 aromatic carbocycles. The molecule has 0 aromatic heterocycles. The number of aliphatic carboxylic acids is 1. The van der Waals surface area contributed by atoms with Crippen molar-refractivity contribution in [3.8, 4) is 11.5 Å². The van der Waals surface area contributed by atoms with Crippen molar-refractivity contribution >= 4 is 33.7 Å². The molecule has 0 spiro atoms. The van der Waals surface area contributed by atoms with Gasteiger partial charge in [-0.2, -0.15) is 0 Å². The van der Waals surface area contributed by atoms with Crippen LogP contribution in [0.2, 0.25) is 0 Å². The van der Waals surface area contributed by atoms with Crippen LogP contribution in [-0.4, -0.2) is 23.1 Å². The molecule has 0 atom stereocenters. The summed E-state index contributed by atoms with van der Waals surface area (Å²) >= 11 is 3.19. The average molecular weight is 408 g/mol. The molecule has 0 heterocycles. The Bertz CT molecular complexity index is 834. The summed E-state index contributed by atoms with van der Waals surface area (Å²) in [5, 5.41) is 19.8. The maximum absolute atomic E-state index is 11.1. The molecule has 0 aliphatic heterocycles. The number of carboxylic acids is 1. The van der Waals surface area contributed by atoms with E-state index in [1.165, 1.54) is 25.3 Å². The van der Waals surface area contributed by atoms with E-state index in [1.54, 1.807) is 24.3 Å². The quantitative estimate of drug-likeness (QED) is 0.422. The molecule has 0 saturated heterocycles. The predicted octanol–water partition coefficient (Wildman–Crippen LogP) is 4.04. The fraction of sp³-hybridized carbons (Fsp3) is 0.118. The number of benzene rings is 2. The second-order valence-electron chi connectivity index (χ2n) is 4.90. The molecule has 2 rings (SSSR count). The number of carboxylic acid groups (broad SMARTS) is 1. The number of hydrogen-bond donors (Lipinski definition) is 1. The Morgan fingerprint density at radius 1 is 1.28 bits per heavy atom. The highest BCUT2D eigenvalue weighted by atomic mass is 79.9. The molecule has 1 N–H and O–H groups in total. The number of halogens is 1. The Kier molecular flexibility index (Phi) is 6.13. The Morgan fingerprint density at radius 2 is 2.00 bits per heavy atom. The number of carbonyl (C=O) groups is 1. The predicted molar refractivity (Wildman–Crippen MR) is 94.8 cm³/mol. The second kappa shape index (κ2) is 8.29. The van der Waals surface area contributed by atoms with Crippen LogP contribution in [0.15, 0.2) is 46.9 Å². The van der Waals surface area contributed by atoms with Gasteiger partial charge in [0.05, 0.1) is 12.0 Å². The highest BCUT2D eigenvalue weighted by Crippen LogP contribution is 2.31. The normalized spacial score (nSPS) is 10.6. The van der Waals surface area contributed by atoms with Crippen molar-refractivity contribution in [2.45, 2.75) is 6.61 Å². The molecule has 0 unspecified atom stereocenters. The molecule has 0 amide bonds. The number of ether oxygens (including phenoxy) is 2. The fourth-order valence-electron chi connectivity index (χ4n) is 2.09. The van der Waals surface area contributed by atoms with Crippen molar-refractivity contribution in [2.24, 2.45) is 0 Å². The molecule has 2 aromatic rings. The standard InChI is InChI=1S/C17H14BrNO6/c1-24-15-5-2-11(3-7-17(20)21)8-12(15)10-25-16-6-4-13(18)9-14(16)19(22)23/h2-9H,10H2,1H3,(H,20,21). The third-order valence-corrected chi connectivity index (χ3v) is 3.72. The van der Waals surface area contributed by atoms with Crippen molar-refractivity contribution in [1.82, 2.24) is 0 Å². The van der Waals surface area contributed by atoms with Crippen LogP contribution in [0.1, 0.15) is 11.1 Å². The lowest BCUT2D eigenvalue weighted by molar-refractivity contribution is -0.386. The number of nitro groups is 1. The van der Waals surface area contributed by atoms with E-state index in [4.69, 9.17) is 14.6 Å². The van der Waals surface area contributed by atoms with Crippen LogP contribution in [0.3, 0.4) is 0 Å². The van der Waals surface area contributed by atoms with E-state index in [0.29, 0.717) is 21.3 Å². The maximum atomic E-state index is 11.1. The maximum Gasteiger partial charge on any atom is 0.328 e. The van der Waals surface area contributed by atoms with Gasteiger partial charge >= 0.3 is 11.7 Å². The summed E-state index contributed by atoms with van der Waals surface area (Å²) in [4.78, 5) is 21.2. The first-order valence-corrected chi connectivity index (χ1v) is 7.84. The average Bonchev–Trinajstić information content (AvgIpc) is 2.58. The summed E-state index contributed by atoms with van der Waals surface area (Å²) in [6, 6.07) is 9.58. The summed E-state index contributed by atoms with van der Waals surface area (Å²) in [6.07, 6.45) is 2.46. The van der Waals surface area contributed by atoms with Gasteiger partial charge in [0, 0.05) is 22.2 Å². The third kappa shape index (κ3) is 5.05. The van der Waals surface area contributed by atoms with Crippen molar-refractivity contribution < 1.29 is 24.3 Å². The first kappa shape index (κ1) is 18.5. The smallest absolute Gasteiger partial charge is 0.328 e. The van der Waals surface area contributed by atoms with Gasteiger partial charge in [0.25, 0.3) is 0 Å². The van der Waals surface area contributed by atoms with E-state index in [1.807, 2.05) is 0 Å². The number of hydrogen-bond acceptors (Lipinski definition) is 5. The molecule has 0 radical (unpaired) electrons. The van der Waals surface area contributed by atoms with Gasteiger partial charge < -0.3 is 14.6 Å². The molecular weight excluding hydrogens is 394 g/mol. The van der Waals surface area contributed by atoms with Gasteiger partial charge in [-0.3, -0.25) is 10.1 Å². The highest BCUT2D eigenvalue weighted by molar-refractivity contribution is 9.10. The van der Waals surface area contributed by atoms with Gasteiger partial charge in [-0.15, -0.1) is 0 Å². The monoisotopic (exact) mass is 407 g/mol. The molecule has 0 aliphatic rings. The molecule has 7 nitrogen and oxygen atoms in total. The van der Waals surface area contributed by atoms with Crippen LogP contribution < -0.4 is 9.47 Å². The van der Waals surface area contributed by atoms with Crippen LogP contribution >= 0.6 is 15.9 Å². The Hall–Kier alpha value is -2.87. The molecule has 0 aliphatic carbocycles. The van der Waals surface area contributed by atoms with Crippen LogP contribution in [-0.2, 0) is 11.4 Å². The van der Waals surface area contributed by atoms with Gasteiger partial charge in [-0.25, -0.2) is 4.79 Å². The van der Waals surface area contributed by atoms with Gasteiger partial charge in [-0.1, -0.05) is 22.0 Å². The molecule has 0 bridgehead atoms. The molecule has 0 fully saturated rings. The number of rotatable bonds is 7. The molecule has 8 heteroatoms. The summed E-state index contributed by atoms with van der Waals surface area (Å²) in [7, 11) is 1.49. The highest BCUT2D eigenvalue weighted by Gasteiger charge is 2.16. The minimum absolute atomic E-state index is 0.0282. The first-order valence-electron chi connectivity index (χ1n) is 7.05. The summed E-state index contributed by atoms with van der Waals surface area (Å²) in [6.45, 7) is 0.0282. The lowest BCUT2D eigenvalue weighted by Crippen LogP contribution is -2.01. The van der Waals surface area contributed by atoms with E-state index < -0.39 is 10.9 Å². The van der Waals surface area contributed by atoms with Crippen LogP contribution in [0, 0.1) is 10.1 Å². The first-order chi connectivity index (χ1) is 11.9. The largest absolute Gasteiger partial charge is 0.496 e. The topological polar surface area (TPSA) is 98.9 Å². The number of methoxy groups -OCH3 is 1. The van der Waals surface area contributed by atoms with Crippen molar-refractivity contribution in [2.75, 3.05) is 7.11 Å². The summed E-state index contributed by atoms with van der Waals surface area (Å²) < 4.78 is 11.4. The van der Waals surface area contributed by atoms with Crippen molar-refractivity contribution in [3.63, 3.8) is 0 Å². The number of nitro benzene ring substituents is 1. The van der Waals surface area contributed by atoms with E-state index >= 15 is 0 Å². The SMILES string of the molecule is COc1ccc(C=CC(=O)O)cc1COc1ccc(Br)cc1[N+](=O)[O-]. The molecular formula is C17H14BrNO6. The summed E-state index contributed by atoms with van der Waals surface area (Å²) in [5.41, 5.74) is 1.12. The third-order valence-electron chi connectivity index (χ3n) is 3.22. The van der Waals surface area contributed by atoms with Gasteiger partial charge in [0.15, 0.2) is 5.75 Å². The zero-order valence-electron chi connectivity index (χ0n) is 13.1. The van der Waals surface area contributed by atoms with Crippen LogP contribution in [0.4, 0.5) is 5.69 Å². The zero-order chi connectivity index (χ0) is 18.4. The fourth-order valence-corrected chi connectivity index (χ4v) is 2.44. The minimum atomic E-state index is -1.06. The Balaban J connectivity index is 2.26. The Labute approximate surface area is 151 Å². The van der Waals surface area contributed by atoms with E-state index in [9.17, 15) is 14.9 Å². The van der Waals surface area contributed by atoms with Crippen LogP contribution in [0.25, 0.3) is 6.08 Å². The molecule has 25 heavy (non-hydrogen) atoms.